The molecule has 1 atom stereocenters. The fourth-order valence-electron chi connectivity index (χ4n) is 4.62. The van der Waals surface area contributed by atoms with E-state index in [1.807, 2.05) is 13.1 Å². The lowest BCUT2D eigenvalue weighted by Gasteiger charge is -2.40. The summed E-state index contributed by atoms with van der Waals surface area (Å²) in [5, 5.41) is 8.92. The van der Waals surface area contributed by atoms with Crippen LogP contribution in [-0.4, -0.2) is 50.6 Å². The highest BCUT2D eigenvalue weighted by atomic mass is 16.5. The van der Waals surface area contributed by atoms with Crippen molar-refractivity contribution in [3.8, 4) is 5.75 Å². The third-order valence-corrected chi connectivity index (χ3v) is 6.01. The van der Waals surface area contributed by atoms with E-state index in [1.54, 1.807) is 7.11 Å². The Balaban J connectivity index is 1.52. The molecule has 0 aliphatic carbocycles. The zero-order valence-electron chi connectivity index (χ0n) is 16.6. The van der Waals surface area contributed by atoms with E-state index in [9.17, 15) is 4.79 Å². The first-order chi connectivity index (χ1) is 13.6. The summed E-state index contributed by atoms with van der Waals surface area (Å²) in [6.45, 7) is 3.23. The van der Waals surface area contributed by atoms with Gasteiger partial charge in [-0.25, -0.2) is 0 Å². The largest absolute Gasteiger partial charge is 0.496 e. The van der Waals surface area contributed by atoms with Crippen LogP contribution in [0.1, 0.15) is 24.8 Å². The topological polar surface area (TPSA) is 66.0 Å². The summed E-state index contributed by atoms with van der Waals surface area (Å²) in [6, 6.07) is 12.5. The van der Waals surface area contributed by atoms with Gasteiger partial charge in [-0.3, -0.25) is 9.79 Å². The van der Waals surface area contributed by atoms with Gasteiger partial charge < -0.3 is 20.3 Å². The predicted octanol–water partition coefficient (Wildman–Crippen LogP) is 2.53. The van der Waals surface area contributed by atoms with Gasteiger partial charge in [0.15, 0.2) is 5.96 Å². The lowest BCUT2D eigenvalue weighted by atomic mass is 9.79. The van der Waals surface area contributed by atoms with Gasteiger partial charge in [-0.1, -0.05) is 30.3 Å². The number of hydrogen-bond donors (Lipinski definition) is 2. The van der Waals surface area contributed by atoms with Crippen LogP contribution in [0, 0.1) is 5.41 Å². The molecule has 1 unspecified atom stereocenters. The van der Waals surface area contributed by atoms with E-state index in [2.05, 4.69) is 50.9 Å². The molecule has 2 saturated heterocycles. The van der Waals surface area contributed by atoms with Crippen LogP contribution in [0.3, 0.4) is 0 Å². The number of carbonyl (C=O) groups excluding carboxylic acids is 1. The lowest BCUT2D eigenvalue weighted by Crippen LogP contribution is -2.51. The smallest absolute Gasteiger partial charge is 0.220 e. The Labute approximate surface area is 166 Å². The minimum absolute atomic E-state index is 0.0457. The van der Waals surface area contributed by atoms with Gasteiger partial charge in [0, 0.05) is 50.6 Å². The highest BCUT2D eigenvalue weighted by Crippen LogP contribution is 2.36. The maximum Gasteiger partial charge on any atom is 0.220 e. The van der Waals surface area contributed by atoms with Gasteiger partial charge in [-0.05, 0) is 29.7 Å². The molecule has 6 heteroatoms. The van der Waals surface area contributed by atoms with Crippen LogP contribution >= 0.6 is 0 Å². The molecule has 2 fully saturated rings. The van der Waals surface area contributed by atoms with E-state index < -0.39 is 0 Å². The van der Waals surface area contributed by atoms with Crippen LogP contribution in [0.15, 0.2) is 41.4 Å². The number of rotatable bonds is 3. The standard InChI is InChI=1S/C22H28N4O2/c1-23-21(26-11-5-10-22(15-26)12-20(27)25-14-22)24-13-18-17-7-4-3-6-16(17)8-9-19(18)28-2/h3-4,6-9H,5,10-15H2,1-2H3,(H,23,24)(H,25,27). The average molecular weight is 380 g/mol. The lowest BCUT2D eigenvalue weighted by molar-refractivity contribution is -0.119. The number of hydrogen-bond acceptors (Lipinski definition) is 3. The summed E-state index contributed by atoms with van der Waals surface area (Å²) in [6.07, 6.45) is 2.79. The number of ether oxygens (including phenoxy) is 1. The second-order valence-corrected chi connectivity index (χ2v) is 7.85. The fourth-order valence-corrected chi connectivity index (χ4v) is 4.62. The average Bonchev–Trinajstić information content (AvgIpc) is 3.07. The van der Waals surface area contributed by atoms with Gasteiger partial charge in [0.2, 0.25) is 5.91 Å². The Kier molecular flexibility index (Phi) is 5.11. The molecule has 28 heavy (non-hydrogen) atoms. The van der Waals surface area contributed by atoms with Gasteiger partial charge in [0.1, 0.15) is 5.75 Å². The van der Waals surface area contributed by atoms with Crippen LogP contribution in [0.4, 0.5) is 0 Å². The summed E-state index contributed by atoms with van der Waals surface area (Å²) in [7, 11) is 3.53. The fraction of sp³-hybridized carbons (Fsp3) is 0.455. The summed E-state index contributed by atoms with van der Waals surface area (Å²) < 4.78 is 5.61. The number of guanidine groups is 1. The van der Waals surface area contributed by atoms with E-state index in [1.165, 1.54) is 10.8 Å². The number of piperidine rings is 1. The first kappa shape index (κ1) is 18.6. The molecular weight excluding hydrogens is 352 g/mol. The van der Waals surface area contributed by atoms with Crippen molar-refractivity contribution in [3.63, 3.8) is 0 Å². The quantitative estimate of drug-likeness (QED) is 0.634. The van der Waals surface area contributed by atoms with Gasteiger partial charge in [-0.15, -0.1) is 0 Å². The maximum absolute atomic E-state index is 11.8. The first-order valence-electron chi connectivity index (χ1n) is 9.91. The second-order valence-electron chi connectivity index (χ2n) is 7.85. The Morgan fingerprint density at radius 2 is 2.18 bits per heavy atom. The molecule has 2 aliphatic heterocycles. The van der Waals surface area contributed by atoms with Gasteiger partial charge >= 0.3 is 0 Å². The zero-order chi connectivity index (χ0) is 19.6. The van der Waals surface area contributed by atoms with Crippen LogP contribution in [0.2, 0.25) is 0 Å². The van der Waals surface area contributed by atoms with E-state index in [-0.39, 0.29) is 11.3 Å². The number of fused-ring (bicyclic) bond motifs is 1. The summed E-state index contributed by atoms with van der Waals surface area (Å²) in [5.41, 5.74) is 1.18. The van der Waals surface area contributed by atoms with Crippen molar-refractivity contribution >= 4 is 22.6 Å². The summed E-state index contributed by atoms with van der Waals surface area (Å²) >= 11 is 0. The van der Waals surface area contributed by atoms with Crippen molar-refractivity contribution in [3.05, 3.63) is 42.0 Å². The normalized spacial score (nSPS) is 22.6. The molecule has 1 spiro atoms. The number of aliphatic imine (C=N–C) groups is 1. The van der Waals surface area contributed by atoms with Crippen molar-refractivity contribution in [1.82, 2.24) is 15.5 Å². The van der Waals surface area contributed by atoms with Crippen molar-refractivity contribution in [2.75, 3.05) is 33.8 Å². The minimum atomic E-state index is 0.0457. The summed E-state index contributed by atoms with van der Waals surface area (Å²) in [4.78, 5) is 18.6. The zero-order valence-corrected chi connectivity index (χ0v) is 16.6. The molecule has 2 N–H and O–H groups in total. The Bertz CT molecular complexity index is 911. The molecular formula is C22H28N4O2. The maximum atomic E-state index is 11.8. The molecule has 0 bridgehead atoms. The van der Waals surface area contributed by atoms with Gasteiger partial charge in [-0.2, -0.15) is 0 Å². The number of nitrogens with zero attached hydrogens (tertiary/aromatic N) is 2. The van der Waals surface area contributed by atoms with E-state index in [4.69, 9.17) is 4.74 Å². The molecule has 6 nitrogen and oxygen atoms in total. The number of likely N-dealkylation sites (tertiary alicyclic amines) is 1. The SMILES string of the molecule is CN=C(NCc1c(OC)ccc2ccccc12)N1CCCC2(CNC(=O)C2)C1. The van der Waals surface area contributed by atoms with E-state index >= 15 is 0 Å². The number of carbonyl (C=O) groups is 1. The van der Waals surface area contributed by atoms with Crippen LogP contribution in [0.25, 0.3) is 10.8 Å². The van der Waals surface area contributed by atoms with Crippen LogP contribution < -0.4 is 15.4 Å². The third-order valence-electron chi connectivity index (χ3n) is 6.01. The van der Waals surface area contributed by atoms with E-state index in [0.717, 1.165) is 49.7 Å². The molecule has 0 radical (unpaired) electrons. The molecule has 0 saturated carbocycles. The van der Waals surface area contributed by atoms with Crippen molar-refractivity contribution in [2.45, 2.75) is 25.8 Å². The molecule has 1 amide bonds. The van der Waals surface area contributed by atoms with Crippen molar-refractivity contribution in [1.29, 1.82) is 0 Å². The number of amides is 1. The number of nitrogens with one attached hydrogen (secondary N) is 2. The number of benzene rings is 2. The van der Waals surface area contributed by atoms with Crippen molar-refractivity contribution in [2.24, 2.45) is 10.4 Å². The van der Waals surface area contributed by atoms with E-state index in [0.29, 0.717) is 13.0 Å². The molecule has 2 aromatic rings. The highest BCUT2D eigenvalue weighted by Gasteiger charge is 2.42. The minimum Gasteiger partial charge on any atom is -0.496 e. The third kappa shape index (κ3) is 3.51. The molecule has 0 aromatic heterocycles. The Morgan fingerprint density at radius 3 is 2.93 bits per heavy atom. The van der Waals surface area contributed by atoms with Crippen molar-refractivity contribution < 1.29 is 9.53 Å². The van der Waals surface area contributed by atoms with Gasteiger partial charge in [0.05, 0.1) is 7.11 Å². The Hall–Kier alpha value is -2.76. The summed E-state index contributed by atoms with van der Waals surface area (Å²) in [5.74, 6) is 1.93. The van der Waals surface area contributed by atoms with Gasteiger partial charge in [0.25, 0.3) is 0 Å². The monoisotopic (exact) mass is 380 g/mol. The number of methoxy groups -OCH3 is 1. The first-order valence-corrected chi connectivity index (χ1v) is 9.91. The molecule has 2 aliphatic rings. The second kappa shape index (κ2) is 7.70. The highest BCUT2D eigenvalue weighted by molar-refractivity contribution is 5.88. The predicted molar refractivity (Wildman–Crippen MR) is 112 cm³/mol. The van der Waals surface area contributed by atoms with Crippen LogP contribution in [0.5, 0.6) is 5.75 Å². The Morgan fingerprint density at radius 1 is 1.32 bits per heavy atom. The molecule has 2 aromatic carbocycles. The molecule has 4 rings (SSSR count). The molecule has 148 valence electrons. The van der Waals surface area contributed by atoms with Crippen LogP contribution in [-0.2, 0) is 11.3 Å². The molecule has 2 heterocycles.